The van der Waals surface area contributed by atoms with E-state index < -0.39 is 48.4 Å². The first-order chi connectivity index (χ1) is 51.1. The van der Waals surface area contributed by atoms with Gasteiger partial charge in [-0.05, 0) is 289 Å². The summed E-state index contributed by atoms with van der Waals surface area (Å²) < 4.78 is 0. The van der Waals surface area contributed by atoms with Gasteiger partial charge < -0.3 is 0 Å². The number of fused-ring (bicyclic) bond motifs is 12. The van der Waals surface area contributed by atoms with Gasteiger partial charge in [-0.2, -0.15) is 0 Å². The van der Waals surface area contributed by atoms with Gasteiger partial charge in [0.15, 0.2) is 0 Å². The lowest BCUT2D eigenvalue weighted by Gasteiger charge is -2.16. The molecule has 0 saturated heterocycles. The average molecular weight is 1510 g/mol. The number of hydrogen-bond donors (Lipinski definition) is 0. The van der Waals surface area contributed by atoms with Gasteiger partial charge in [-0.3, -0.25) is 0 Å². The van der Waals surface area contributed by atoms with Crippen LogP contribution in [0.5, 0.6) is 0 Å². The predicted molar refractivity (Wildman–Crippen MR) is 504 cm³/mol. The Hall–Kier alpha value is -9.92. The van der Waals surface area contributed by atoms with Crippen molar-refractivity contribution in [1.82, 2.24) is 0 Å². The van der Waals surface area contributed by atoms with E-state index in [2.05, 4.69) is 411 Å². The van der Waals surface area contributed by atoms with E-state index in [-0.39, 0.29) is 0 Å². The number of benzene rings is 15. The molecule has 0 atom stereocenters. The van der Waals surface area contributed by atoms with Crippen LogP contribution in [0.2, 0.25) is 118 Å². The lowest BCUT2D eigenvalue weighted by molar-refractivity contribution is 1.37. The maximum Gasteiger partial charge on any atom is 0.129 e. The van der Waals surface area contributed by atoms with E-state index in [1.165, 1.54) is 168 Å². The van der Waals surface area contributed by atoms with Crippen LogP contribution in [0.3, 0.4) is 0 Å². The Labute approximate surface area is 656 Å². The number of rotatable bonds is 0. The summed E-state index contributed by atoms with van der Waals surface area (Å²) in [5.41, 5.74) is 38.2. The smallest absolute Gasteiger partial charge is 0.127 e. The molecule has 0 spiro atoms. The van der Waals surface area contributed by atoms with Crippen molar-refractivity contribution in [2.45, 2.75) is 166 Å². The molecule has 6 heteroatoms. The van der Waals surface area contributed by atoms with Crippen LogP contribution in [0, 0.1) is 117 Å². The molecule has 0 aliphatic carbocycles. The van der Waals surface area contributed by atoms with Gasteiger partial charge in [-0.25, -0.2) is 0 Å². The Morgan fingerprint density at radius 1 is 0.156 bits per heavy atom. The summed E-state index contributed by atoms with van der Waals surface area (Å²) in [5, 5.41) is 29.8. The molecule has 0 heterocycles. The van der Waals surface area contributed by atoms with Gasteiger partial charge in [-0.15, -0.1) is 33.3 Å². The third-order valence-electron chi connectivity index (χ3n) is 20.4. The number of aryl methyl sites for hydroxylation is 7. The standard InChI is InChI=1S/C36H38Si2.C34H34Si2.C33H32Si2/c1-23-15-27-19-33-31(11-13-37(5,6)7)35-21-29-17-25(3)26(4)18-30(29)22-36(35)32(12-14-38(8,9)10)34(33)20-28(27)16-24(23)2;1-23-17-27-21-33-29(13-15-35(3,4)5)31-19-25-11-9-10-12-26(25)20-32(31)30(14-16-36(6,7)8)34(33)22-28(27)18-24(23)2;1-23-11-10-14-26-21-32-27(15-17-34(2,3)4)30-19-24-12-8-9-13-25(24)20-31(30)28(16-18-35(5,6)7)33(32)22-29(23)26/h15-22H,1-10H3;9-12,17-22H,1-8H3;8-14,19-22H,1-7H3. The van der Waals surface area contributed by atoms with Gasteiger partial charge in [0.05, 0.1) is 0 Å². The Morgan fingerprint density at radius 3 is 0.514 bits per heavy atom. The maximum absolute atomic E-state index is 3.72. The van der Waals surface area contributed by atoms with Gasteiger partial charge in [0.25, 0.3) is 0 Å². The van der Waals surface area contributed by atoms with E-state index in [4.69, 9.17) is 0 Å². The molecule has 15 aromatic rings. The Morgan fingerprint density at radius 2 is 0.321 bits per heavy atom. The highest BCUT2D eigenvalue weighted by atomic mass is 28.3. The third kappa shape index (κ3) is 17.1. The predicted octanol–water partition coefficient (Wildman–Crippen LogP) is 28.4. The zero-order valence-electron chi connectivity index (χ0n) is 69.2. The van der Waals surface area contributed by atoms with Gasteiger partial charge in [0.1, 0.15) is 48.4 Å². The highest BCUT2D eigenvalue weighted by Gasteiger charge is 2.23. The highest BCUT2D eigenvalue weighted by molar-refractivity contribution is 6.86. The summed E-state index contributed by atoms with van der Waals surface area (Å²) in [5.74, 6) is 22.2. The second-order valence-corrected chi connectivity index (χ2v) is 65.5. The molecular weight excluding hydrogens is 1410 g/mol. The minimum absolute atomic E-state index is 1.14. The Balaban J connectivity index is 0.000000144. The van der Waals surface area contributed by atoms with Gasteiger partial charge >= 0.3 is 0 Å². The average Bonchev–Trinajstić information content (AvgIpc) is 0.741. The van der Waals surface area contributed by atoms with Gasteiger partial charge in [0.2, 0.25) is 0 Å². The molecular formula is C103H104Si6. The largest absolute Gasteiger partial charge is 0.129 e. The van der Waals surface area contributed by atoms with Crippen molar-refractivity contribution >= 4 is 178 Å². The molecule has 0 amide bonds. The quantitative estimate of drug-likeness (QED) is 0.0806. The third-order valence-corrected chi connectivity index (χ3v) is 25.6. The van der Waals surface area contributed by atoms with Crippen LogP contribution < -0.4 is 0 Å². The van der Waals surface area contributed by atoms with E-state index in [1.54, 1.807) is 0 Å². The van der Waals surface area contributed by atoms with Crippen molar-refractivity contribution in [2.75, 3.05) is 0 Å². The van der Waals surface area contributed by atoms with Gasteiger partial charge in [-0.1, -0.05) is 256 Å². The fourth-order valence-electron chi connectivity index (χ4n) is 14.4. The van der Waals surface area contributed by atoms with Crippen molar-refractivity contribution in [1.29, 1.82) is 0 Å². The van der Waals surface area contributed by atoms with Crippen molar-refractivity contribution < 1.29 is 0 Å². The molecule has 540 valence electrons. The van der Waals surface area contributed by atoms with E-state index in [1.807, 2.05) is 0 Å². The van der Waals surface area contributed by atoms with Gasteiger partial charge in [0, 0.05) is 33.4 Å². The second kappa shape index (κ2) is 29.1. The van der Waals surface area contributed by atoms with Crippen LogP contribution in [0.1, 0.15) is 72.3 Å². The van der Waals surface area contributed by atoms with Crippen LogP contribution >= 0.6 is 0 Å². The first kappa shape index (κ1) is 77.2. The minimum Gasteiger partial charge on any atom is -0.127 e. The molecule has 0 aliphatic rings. The molecule has 15 rings (SSSR count). The first-order valence-corrected chi connectivity index (χ1v) is 59.8. The second-order valence-electron chi connectivity index (χ2n) is 37.0. The van der Waals surface area contributed by atoms with E-state index in [0.29, 0.717) is 0 Å². The van der Waals surface area contributed by atoms with Crippen LogP contribution in [0.15, 0.2) is 176 Å². The SMILES string of the molecule is Cc1cc2cc3c(C#C[Si](C)(C)C)c4cc5cc(C)c(C)cc5cc4c(C#C[Si](C)(C)C)c3cc2cc1C.Cc1cc2cc3c(C#C[Si](C)(C)C)c4cc5ccccc5cc4c(C#C[Si](C)(C)C)c3cc2cc1C.Cc1cccc2cc3c(C#C[Si](C)(C)C)c4cc5ccccc5cc4c(C#C[Si](C)(C)C)c3cc12. The van der Waals surface area contributed by atoms with E-state index in [9.17, 15) is 0 Å². The van der Waals surface area contributed by atoms with E-state index in [0.717, 1.165) is 33.4 Å². The van der Waals surface area contributed by atoms with Crippen LogP contribution in [0.4, 0.5) is 0 Å². The van der Waals surface area contributed by atoms with Crippen molar-refractivity contribution in [3.8, 4) is 68.8 Å². The molecule has 15 aromatic carbocycles. The fraction of sp³-hybridized carbons (Fsp3) is 0.243. The molecule has 0 aromatic heterocycles. The molecule has 0 unspecified atom stereocenters. The van der Waals surface area contributed by atoms with E-state index >= 15 is 0 Å². The summed E-state index contributed by atoms with van der Waals surface area (Å²) in [6.07, 6.45) is 0. The Kier molecular flexibility index (Phi) is 20.7. The fourth-order valence-corrected chi connectivity index (χ4v) is 17.4. The molecule has 0 nitrogen and oxygen atoms in total. The lowest BCUT2D eigenvalue weighted by atomic mass is 9.88. The highest BCUT2D eigenvalue weighted by Crippen LogP contribution is 2.43. The molecule has 0 bridgehead atoms. The zero-order chi connectivity index (χ0) is 78.4. The summed E-state index contributed by atoms with van der Waals surface area (Å²) in [7, 11) is -9.47. The zero-order valence-corrected chi connectivity index (χ0v) is 75.2. The topological polar surface area (TPSA) is 0 Å². The summed E-state index contributed by atoms with van der Waals surface area (Å²) in [4.78, 5) is 0. The molecule has 0 N–H and O–H groups in total. The van der Waals surface area contributed by atoms with Crippen molar-refractivity contribution in [2.24, 2.45) is 0 Å². The summed E-state index contributed by atoms with van der Waals surface area (Å²) >= 11 is 0. The molecule has 0 saturated carbocycles. The monoisotopic (exact) mass is 1510 g/mol. The summed E-state index contributed by atoms with van der Waals surface area (Å²) in [6.45, 7) is 57.1. The minimum atomic E-state index is -1.59. The Bertz CT molecular complexity index is 6440. The molecule has 0 fully saturated rings. The maximum atomic E-state index is 3.72. The number of hydrogen-bond acceptors (Lipinski definition) is 0. The van der Waals surface area contributed by atoms with Crippen LogP contribution in [0.25, 0.3) is 129 Å². The first-order valence-electron chi connectivity index (χ1n) is 38.8. The normalized spacial score (nSPS) is 12.0. The molecule has 0 aliphatic heterocycles. The van der Waals surface area contributed by atoms with Crippen molar-refractivity contribution in [3.63, 3.8) is 0 Å². The van der Waals surface area contributed by atoms with Crippen molar-refractivity contribution in [3.05, 3.63) is 248 Å². The van der Waals surface area contributed by atoms with Crippen LogP contribution in [-0.2, 0) is 0 Å². The van der Waals surface area contributed by atoms with Crippen LogP contribution in [-0.4, -0.2) is 48.4 Å². The summed E-state index contributed by atoms with van der Waals surface area (Å²) in [6, 6.07) is 66.0. The molecule has 0 radical (unpaired) electrons. The lowest BCUT2D eigenvalue weighted by Crippen LogP contribution is -2.16. The molecule has 109 heavy (non-hydrogen) atoms.